The van der Waals surface area contributed by atoms with Crippen LogP contribution in [0.5, 0.6) is 0 Å². The molecule has 68 valence electrons. The van der Waals surface area contributed by atoms with E-state index < -0.39 is 0 Å². The zero-order valence-corrected chi connectivity index (χ0v) is 10.6. The molecule has 0 aliphatic carbocycles. The Morgan fingerprint density at radius 1 is 0.833 bits per heavy atom. The Morgan fingerprint density at radius 2 is 1.25 bits per heavy atom. The lowest BCUT2D eigenvalue weighted by molar-refractivity contribution is 2.60. The topological polar surface area (TPSA) is 0 Å². The first-order valence-corrected chi connectivity index (χ1v) is 9.10. The van der Waals surface area contributed by atoms with Crippen LogP contribution >= 0.6 is 64.3 Å². The molecule has 2 atom stereocenters. The Bertz CT molecular complexity index is 233. The molecule has 2 aliphatic rings. The molecule has 0 spiro atoms. The molecule has 0 bridgehead atoms. The number of halogens is 2. The van der Waals surface area contributed by atoms with Gasteiger partial charge in [-0.15, -0.1) is 0 Å². The third-order valence-electron chi connectivity index (χ3n) is 0.823. The average Bonchev–Trinajstić information content (AvgIpc) is 2.63. The van der Waals surface area contributed by atoms with Crippen molar-refractivity contribution in [3.63, 3.8) is 0 Å². The van der Waals surface area contributed by atoms with Crippen LogP contribution in [0.1, 0.15) is 0 Å². The summed E-state index contributed by atoms with van der Waals surface area (Å²) in [6.07, 6.45) is 0. The maximum Gasteiger partial charge on any atom is 0.0173 e. The predicted octanol–water partition coefficient (Wildman–Crippen LogP) is 4.77. The van der Waals surface area contributed by atoms with Crippen molar-refractivity contribution in [1.82, 2.24) is 0 Å². The number of rotatable bonds is 0. The van der Waals surface area contributed by atoms with Crippen LogP contribution in [0.3, 0.4) is 0 Å². The second kappa shape index (κ2) is 6.62. The first-order chi connectivity index (χ1) is 5.79. The molecule has 2 aliphatic heterocycles. The van der Waals surface area contributed by atoms with Gasteiger partial charge in [-0.1, -0.05) is 42.9 Å². The van der Waals surface area contributed by atoms with E-state index in [0.29, 0.717) is 0 Å². The summed E-state index contributed by atoms with van der Waals surface area (Å²) in [4.78, 5) is 0. The van der Waals surface area contributed by atoms with Crippen LogP contribution in [0.15, 0.2) is 21.6 Å². The summed E-state index contributed by atoms with van der Waals surface area (Å²) in [5, 5.41) is 7.95. The maximum absolute atomic E-state index is 5.58. The van der Waals surface area contributed by atoms with Gasteiger partial charge in [0.1, 0.15) is 0 Å². The lowest BCUT2D eigenvalue weighted by Gasteiger charge is -1.71. The van der Waals surface area contributed by atoms with Gasteiger partial charge >= 0.3 is 0 Å². The van der Waals surface area contributed by atoms with Crippen molar-refractivity contribution < 1.29 is 0 Å². The molecular weight excluding hydrogens is 271 g/mol. The highest BCUT2D eigenvalue weighted by Crippen LogP contribution is 2.29. The lowest BCUT2D eigenvalue weighted by atomic mass is 11.3. The average molecular weight is 277 g/mol. The maximum atomic E-state index is 5.58. The van der Waals surface area contributed by atoms with E-state index in [0.717, 1.165) is 0 Å². The van der Waals surface area contributed by atoms with Crippen molar-refractivity contribution in [1.29, 1.82) is 0 Å². The molecule has 0 aromatic heterocycles. The summed E-state index contributed by atoms with van der Waals surface area (Å²) >= 11 is 3.31. The zero-order valence-electron chi connectivity index (χ0n) is 5.85. The van der Waals surface area contributed by atoms with E-state index in [-0.39, 0.29) is 19.4 Å². The van der Waals surface area contributed by atoms with Gasteiger partial charge in [0.25, 0.3) is 0 Å². The summed E-state index contributed by atoms with van der Waals surface area (Å²) < 4.78 is 4.00. The van der Waals surface area contributed by atoms with Crippen LogP contribution in [-0.4, -0.2) is 9.40 Å². The molecule has 0 saturated heterocycles. The third kappa shape index (κ3) is 5.04. The minimum Gasteiger partial charge on any atom is -0.0979 e. The number of thioether (sulfide) groups is 2. The highest BCUT2D eigenvalue weighted by molar-refractivity contribution is 8.47. The number of hydrogen-bond acceptors (Lipinski definition) is 2. The van der Waals surface area contributed by atoms with E-state index in [2.05, 4.69) is 0 Å². The highest BCUT2D eigenvalue weighted by Gasteiger charge is 1.86. The van der Waals surface area contributed by atoms with E-state index in [1.165, 1.54) is 0 Å². The lowest BCUT2D eigenvalue weighted by Crippen LogP contribution is -1.37. The van der Waals surface area contributed by atoms with Crippen molar-refractivity contribution in [2.24, 2.45) is 0 Å². The van der Waals surface area contributed by atoms with Crippen LogP contribution in [0.25, 0.3) is 0 Å². The Kier molecular flexibility index (Phi) is 6.22. The van der Waals surface area contributed by atoms with Crippen molar-refractivity contribution >= 4 is 73.7 Å². The van der Waals surface area contributed by atoms with E-state index >= 15 is 0 Å². The van der Waals surface area contributed by atoms with Crippen molar-refractivity contribution in [2.75, 3.05) is 0 Å². The van der Waals surface area contributed by atoms with Gasteiger partial charge < -0.3 is 0 Å². The van der Waals surface area contributed by atoms with Crippen LogP contribution in [0, 0.1) is 0 Å². The Hall–Kier alpha value is 1.20. The van der Waals surface area contributed by atoms with Crippen molar-refractivity contribution in [2.45, 2.75) is 0 Å². The quantitative estimate of drug-likeness (QED) is 0.585. The predicted molar refractivity (Wildman–Crippen MR) is 72.5 cm³/mol. The molecule has 2 unspecified atom stereocenters. The molecule has 0 fully saturated rings. The Balaban J connectivity index is 0.000000120. The van der Waals surface area contributed by atoms with Crippen LogP contribution in [-0.2, 0) is 0 Å². The molecule has 0 radical (unpaired) electrons. The monoisotopic (exact) mass is 276 g/mol. The second-order valence-electron chi connectivity index (χ2n) is 1.64. The third-order valence-corrected chi connectivity index (χ3v) is 6.83. The SMILES string of the molecule is ClS1=CSC=C1.ClS1=CSC=C1. The van der Waals surface area contributed by atoms with Gasteiger partial charge in [0.05, 0.1) is 0 Å². The van der Waals surface area contributed by atoms with Gasteiger partial charge in [0.2, 0.25) is 0 Å². The second-order valence-corrected chi connectivity index (χ2v) is 8.21. The Labute approximate surface area is 94.6 Å². The molecule has 0 nitrogen and oxygen atoms in total. The molecular formula is C6H6Cl2S4. The molecule has 12 heavy (non-hydrogen) atoms. The molecule has 0 amide bonds. The Morgan fingerprint density at radius 3 is 1.33 bits per heavy atom. The molecule has 2 heterocycles. The van der Waals surface area contributed by atoms with Crippen LogP contribution in [0.4, 0.5) is 0 Å². The summed E-state index contributed by atoms with van der Waals surface area (Å²) in [6, 6.07) is 0. The summed E-state index contributed by atoms with van der Waals surface area (Å²) in [5.41, 5.74) is 0. The number of hydrogen-bond donors (Lipinski definition) is 0. The fraction of sp³-hybridized carbons (Fsp3) is 0. The smallest absolute Gasteiger partial charge is 0.0173 e. The summed E-state index contributed by atoms with van der Waals surface area (Å²) in [7, 11) is 11.1. The first kappa shape index (κ1) is 11.3. The van der Waals surface area contributed by atoms with Gasteiger partial charge in [-0.3, -0.25) is 0 Å². The van der Waals surface area contributed by atoms with E-state index in [1.54, 1.807) is 23.5 Å². The normalized spacial score (nSPS) is 30.5. The minimum atomic E-state index is -0.0432. The summed E-state index contributed by atoms with van der Waals surface area (Å²) in [6.45, 7) is 0. The van der Waals surface area contributed by atoms with Gasteiger partial charge in [-0.25, -0.2) is 0 Å². The van der Waals surface area contributed by atoms with Crippen molar-refractivity contribution in [3.8, 4) is 0 Å². The fourth-order valence-electron chi connectivity index (χ4n) is 0.405. The summed E-state index contributed by atoms with van der Waals surface area (Å²) in [5.74, 6) is 0. The van der Waals surface area contributed by atoms with Gasteiger partial charge in [-0.2, -0.15) is 0 Å². The van der Waals surface area contributed by atoms with Crippen LogP contribution < -0.4 is 0 Å². The molecule has 0 aromatic rings. The zero-order chi connectivity index (χ0) is 8.81. The van der Waals surface area contributed by atoms with Crippen molar-refractivity contribution in [3.05, 3.63) is 21.6 Å². The fourth-order valence-corrected chi connectivity index (χ4v) is 5.15. The molecule has 0 aromatic carbocycles. The van der Waals surface area contributed by atoms with Gasteiger partial charge in [0.15, 0.2) is 0 Å². The minimum absolute atomic E-state index is 0.0432. The standard InChI is InChI=1S/2C3H3ClS2/c2*4-6-2-1-5-3-6/h2*1-3H. The van der Waals surface area contributed by atoms with E-state index in [4.69, 9.17) is 21.4 Å². The van der Waals surface area contributed by atoms with Crippen LogP contribution in [0.2, 0.25) is 0 Å². The first-order valence-electron chi connectivity index (χ1n) is 2.86. The molecule has 6 heteroatoms. The highest BCUT2D eigenvalue weighted by atomic mass is 35.7. The molecule has 2 rings (SSSR count). The largest absolute Gasteiger partial charge is 0.0979 e. The van der Waals surface area contributed by atoms with E-state index in [9.17, 15) is 0 Å². The molecule has 0 saturated carbocycles. The van der Waals surface area contributed by atoms with E-state index in [1.807, 2.05) is 31.0 Å². The van der Waals surface area contributed by atoms with Gasteiger partial charge in [-0.05, 0) is 43.0 Å². The molecule has 0 N–H and O–H groups in total. The van der Waals surface area contributed by atoms with Gasteiger partial charge in [0, 0.05) is 9.40 Å².